The normalized spacial score (nSPS) is 15.1. The molecule has 0 spiro atoms. The molecule has 35 heavy (non-hydrogen) atoms. The van der Waals surface area contributed by atoms with Crippen molar-refractivity contribution in [1.29, 1.82) is 0 Å². The number of hydrogen-bond donors (Lipinski definition) is 3. The predicted octanol–water partition coefficient (Wildman–Crippen LogP) is 4.23. The summed E-state index contributed by atoms with van der Waals surface area (Å²) in [7, 11) is 0. The number of aromatic nitrogens is 1. The Morgan fingerprint density at radius 3 is 2.31 bits per heavy atom. The number of rotatable bonds is 8. The second-order valence-corrected chi connectivity index (χ2v) is 10.3. The molecule has 2 amide bonds. The lowest BCUT2D eigenvalue weighted by molar-refractivity contribution is -0.137. The molecule has 9 heteroatoms. The number of carbonyl (C=O) groups excluding carboxylic acids is 2. The van der Waals surface area contributed by atoms with Gasteiger partial charge in [-0.15, -0.1) is 11.3 Å². The molecule has 1 heterocycles. The Hall–Kier alpha value is -3.72. The van der Waals surface area contributed by atoms with E-state index in [4.69, 9.17) is 9.84 Å². The van der Waals surface area contributed by atoms with Gasteiger partial charge in [0.05, 0.1) is 18.5 Å². The zero-order chi connectivity index (χ0) is 24.6. The van der Waals surface area contributed by atoms with Crippen molar-refractivity contribution in [2.24, 2.45) is 0 Å². The lowest BCUT2D eigenvalue weighted by Gasteiger charge is -2.14. The van der Waals surface area contributed by atoms with Crippen molar-refractivity contribution in [2.45, 2.75) is 44.2 Å². The van der Waals surface area contributed by atoms with E-state index >= 15 is 0 Å². The van der Waals surface area contributed by atoms with Gasteiger partial charge in [0.1, 0.15) is 17.3 Å². The first-order chi connectivity index (χ1) is 16.8. The maximum absolute atomic E-state index is 12.6. The highest BCUT2D eigenvalue weighted by Gasteiger charge is 2.46. The van der Waals surface area contributed by atoms with Crippen molar-refractivity contribution in [3.63, 3.8) is 0 Å². The molecule has 2 aliphatic rings. The van der Waals surface area contributed by atoms with Crippen LogP contribution >= 0.6 is 11.3 Å². The van der Waals surface area contributed by atoms with E-state index in [0.29, 0.717) is 22.7 Å². The Balaban J connectivity index is 1.17. The van der Waals surface area contributed by atoms with Crippen molar-refractivity contribution >= 4 is 29.3 Å². The number of carboxylic acids is 1. The van der Waals surface area contributed by atoms with Crippen molar-refractivity contribution < 1.29 is 24.2 Å². The highest BCUT2D eigenvalue weighted by molar-refractivity contribution is 7.11. The number of thiazole rings is 1. The SMILES string of the molecule is Cc1sc(CNC(=O)OCC2c3ccccc3-c3ccccc32)nc1C(=O)NC1(CC(=O)O)CC1. The number of hydrogen-bond acceptors (Lipinski definition) is 6. The van der Waals surface area contributed by atoms with E-state index in [9.17, 15) is 14.4 Å². The number of aryl methyl sites for hydroxylation is 1. The molecule has 1 aromatic heterocycles. The number of ether oxygens (including phenoxy) is 1. The third kappa shape index (κ3) is 4.77. The summed E-state index contributed by atoms with van der Waals surface area (Å²) in [5.41, 5.74) is 4.21. The van der Waals surface area contributed by atoms with E-state index < -0.39 is 17.6 Å². The molecule has 2 aromatic carbocycles. The minimum absolute atomic E-state index is 0.0221. The summed E-state index contributed by atoms with van der Waals surface area (Å²) in [5.74, 6) is -1.35. The topological polar surface area (TPSA) is 118 Å². The number of alkyl carbamates (subject to hydrolysis) is 1. The van der Waals surface area contributed by atoms with E-state index in [0.717, 1.165) is 22.3 Å². The van der Waals surface area contributed by atoms with Crippen LogP contribution in [0.25, 0.3) is 11.1 Å². The fourth-order valence-corrected chi connectivity index (χ4v) is 5.49. The van der Waals surface area contributed by atoms with Gasteiger partial charge in [0.25, 0.3) is 5.91 Å². The molecule has 0 saturated heterocycles. The van der Waals surface area contributed by atoms with Gasteiger partial charge in [-0.1, -0.05) is 48.5 Å². The molecule has 8 nitrogen and oxygen atoms in total. The van der Waals surface area contributed by atoms with Crippen LogP contribution in [0.2, 0.25) is 0 Å². The number of nitrogens with zero attached hydrogens (tertiary/aromatic N) is 1. The molecular weight excluding hydrogens is 466 g/mol. The number of fused-ring (bicyclic) bond motifs is 3. The van der Waals surface area contributed by atoms with Gasteiger partial charge in [0, 0.05) is 10.8 Å². The molecule has 0 atom stereocenters. The van der Waals surface area contributed by atoms with E-state index in [1.165, 1.54) is 11.3 Å². The summed E-state index contributed by atoms with van der Waals surface area (Å²) >= 11 is 1.31. The monoisotopic (exact) mass is 491 g/mol. The third-order valence-corrected chi connectivity index (χ3v) is 7.48. The van der Waals surface area contributed by atoms with Gasteiger partial charge in [-0.25, -0.2) is 9.78 Å². The molecular formula is C26H25N3O5S. The van der Waals surface area contributed by atoms with Crippen LogP contribution in [0.4, 0.5) is 4.79 Å². The summed E-state index contributed by atoms with van der Waals surface area (Å²) < 4.78 is 5.55. The van der Waals surface area contributed by atoms with Gasteiger partial charge in [-0.05, 0) is 42.0 Å². The van der Waals surface area contributed by atoms with Crippen LogP contribution in [0.15, 0.2) is 48.5 Å². The summed E-state index contributed by atoms with van der Waals surface area (Å²) in [5, 5.41) is 15.1. The highest BCUT2D eigenvalue weighted by atomic mass is 32.1. The van der Waals surface area contributed by atoms with Gasteiger partial charge in [0.15, 0.2) is 0 Å². The molecule has 0 bridgehead atoms. The molecule has 0 unspecified atom stereocenters. The second kappa shape index (κ2) is 9.14. The smallest absolute Gasteiger partial charge is 0.407 e. The standard InChI is InChI=1S/C26H25N3O5S/c1-15-23(24(32)29-26(10-11-26)12-22(30)31)28-21(35-15)13-27-25(33)34-14-20-18-8-4-2-6-16(18)17-7-3-5-9-19(17)20/h2-9,20H,10-14H2,1H3,(H,27,33)(H,29,32)(H,30,31). The van der Waals surface area contributed by atoms with E-state index in [1.807, 2.05) is 24.3 Å². The average Bonchev–Trinajstić information content (AvgIpc) is 3.34. The van der Waals surface area contributed by atoms with Crippen molar-refractivity contribution in [1.82, 2.24) is 15.6 Å². The van der Waals surface area contributed by atoms with E-state index in [1.54, 1.807) is 6.92 Å². The van der Waals surface area contributed by atoms with Crippen molar-refractivity contribution in [2.75, 3.05) is 6.61 Å². The van der Waals surface area contributed by atoms with Crippen LogP contribution in [0.5, 0.6) is 0 Å². The van der Waals surface area contributed by atoms with E-state index in [-0.39, 0.29) is 37.1 Å². The first kappa shape index (κ1) is 23.0. The van der Waals surface area contributed by atoms with Crippen LogP contribution in [-0.2, 0) is 16.1 Å². The molecule has 2 aliphatic carbocycles. The Morgan fingerprint density at radius 1 is 1.09 bits per heavy atom. The second-order valence-electron chi connectivity index (χ2n) is 9.00. The summed E-state index contributed by atoms with van der Waals surface area (Å²) in [6, 6.07) is 16.3. The van der Waals surface area contributed by atoms with Crippen LogP contribution in [0.3, 0.4) is 0 Å². The minimum atomic E-state index is -0.939. The lowest BCUT2D eigenvalue weighted by atomic mass is 9.98. The summed E-state index contributed by atoms with van der Waals surface area (Å²) in [6.07, 6.45) is 0.636. The molecule has 5 rings (SSSR count). The molecule has 0 radical (unpaired) electrons. The Morgan fingerprint density at radius 2 is 1.71 bits per heavy atom. The van der Waals surface area contributed by atoms with Crippen molar-refractivity contribution in [3.8, 4) is 11.1 Å². The van der Waals surface area contributed by atoms with Crippen LogP contribution in [0.1, 0.15) is 56.7 Å². The number of carboxylic acid groups (broad SMARTS) is 1. The first-order valence-corrected chi connectivity index (χ1v) is 12.3. The number of amides is 2. The van der Waals surface area contributed by atoms with Gasteiger partial charge in [-0.2, -0.15) is 0 Å². The number of aliphatic carboxylic acids is 1. The van der Waals surface area contributed by atoms with Crippen molar-refractivity contribution in [3.05, 3.63) is 75.2 Å². The van der Waals surface area contributed by atoms with Gasteiger partial charge in [0.2, 0.25) is 0 Å². The Bertz CT molecular complexity index is 1270. The number of benzene rings is 2. The van der Waals surface area contributed by atoms with E-state index in [2.05, 4.69) is 39.9 Å². The van der Waals surface area contributed by atoms with Crippen LogP contribution < -0.4 is 10.6 Å². The van der Waals surface area contributed by atoms with Gasteiger partial charge < -0.3 is 20.5 Å². The zero-order valence-corrected chi connectivity index (χ0v) is 20.0. The third-order valence-electron chi connectivity index (χ3n) is 6.51. The maximum Gasteiger partial charge on any atom is 0.407 e. The lowest BCUT2D eigenvalue weighted by Crippen LogP contribution is -2.39. The predicted molar refractivity (Wildman–Crippen MR) is 130 cm³/mol. The summed E-state index contributed by atoms with van der Waals surface area (Å²) in [4.78, 5) is 41.2. The maximum atomic E-state index is 12.6. The first-order valence-electron chi connectivity index (χ1n) is 11.4. The number of nitrogens with one attached hydrogen (secondary N) is 2. The van der Waals surface area contributed by atoms with Gasteiger partial charge in [-0.3, -0.25) is 9.59 Å². The van der Waals surface area contributed by atoms with Crippen LogP contribution in [-0.4, -0.2) is 40.2 Å². The highest BCUT2D eigenvalue weighted by Crippen LogP contribution is 2.44. The molecule has 180 valence electrons. The zero-order valence-electron chi connectivity index (χ0n) is 19.2. The fraction of sp³-hybridized carbons (Fsp3) is 0.308. The number of carbonyl (C=O) groups is 3. The largest absolute Gasteiger partial charge is 0.481 e. The Labute approximate surface area is 206 Å². The summed E-state index contributed by atoms with van der Waals surface area (Å²) in [6.45, 7) is 2.13. The quantitative estimate of drug-likeness (QED) is 0.434. The molecule has 3 aromatic rings. The molecule has 0 aliphatic heterocycles. The van der Waals surface area contributed by atoms with Crippen LogP contribution in [0, 0.1) is 6.92 Å². The average molecular weight is 492 g/mol. The Kier molecular flexibility index (Phi) is 6.02. The molecule has 1 fully saturated rings. The molecule has 3 N–H and O–H groups in total. The van der Waals surface area contributed by atoms with Gasteiger partial charge >= 0.3 is 12.1 Å². The fourth-order valence-electron chi connectivity index (χ4n) is 4.62. The molecule has 1 saturated carbocycles. The minimum Gasteiger partial charge on any atom is -0.481 e.